The van der Waals surface area contributed by atoms with Crippen LogP contribution in [0, 0.1) is 0 Å². The highest BCUT2D eigenvalue weighted by atomic mass is 14.9. The fourth-order valence-electron chi connectivity index (χ4n) is 4.67. The molecular formula is C32H23N. The number of hydrogen-bond donors (Lipinski definition) is 1. The minimum atomic E-state index is 1.08. The zero-order chi connectivity index (χ0) is 22.0. The van der Waals surface area contributed by atoms with E-state index in [0.717, 1.165) is 11.4 Å². The van der Waals surface area contributed by atoms with Gasteiger partial charge in [-0.2, -0.15) is 0 Å². The maximum atomic E-state index is 3.47. The lowest BCUT2D eigenvalue weighted by molar-refractivity contribution is 1.55. The summed E-state index contributed by atoms with van der Waals surface area (Å²) in [4.78, 5) is 0. The van der Waals surface area contributed by atoms with Crippen molar-refractivity contribution < 1.29 is 0 Å². The normalized spacial score (nSPS) is 11.0. The minimum absolute atomic E-state index is 1.08. The molecule has 0 saturated carbocycles. The zero-order valence-electron chi connectivity index (χ0n) is 18.2. The molecule has 0 bridgehead atoms. The molecule has 0 aromatic heterocycles. The highest BCUT2D eigenvalue weighted by Gasteiger charge is 2.11. The Kier molecular flexibility index (Phi) is 4.86. The predicted octanol–water partition coefficient (Wildman–Crippen LogP) is 9.07. The number of rotatable bonds is 4. The summed E-state index contributed by atoms with van der Waals surface area (Å²) in [5, 5.41) is 8.57. The number of fused-ring (bicyclic) bond motifs is 2. The van der Waals surface area contributed by atoms with Crippen molar-refractivity contribution in [2.45, 2.75) is 0 Å². The Labute approximate surface area is 194 Å². The first-order valence-electron chi connectivity index (χ1n) is 11.3. The zero-order valence-corrected chi connectivity index (χ0v) is 18.2. The van der Waals surface area contributed by atoms with E-state index < -0.39 is 0 Å². The van der Waals surface area contributed by atoms with Crippen LogP contribution in [0.1, 0.15) is 0 Å². The predicted molar refractivity (Wildman–Crippen MR) is 142 cm³/mol. The molecule has 6 aromatic rings. The molecule has 156 valence electrons. The molecule has 0 aliphatic heterocycles. The van der Waals surface area contributed by atoms with Crippen LogP contribution in [0.25, 0.3) is 43.8 Å². The second-order valence-corrected chi connectivity index (χ2v) is 8.30. The quantitative estimate of drug-likeness (QED) is 0.299. The molecule has 0 aliphatic carbocycles. The summed E-state index contributed by atoms with van der Waals surface area (Å²) >= 11 is 0. The Morgan fingerprint density at radius 1 is 0.333 bits per heavy atom. The Morgan fingerprint density at radius 3 is 1.67 bits per heavy atom. The van der Waals surface area contributed by atoms with Crippen molar-refractivity contribution in [2.24, 2.45) is 0 Å². The van der Waals surface area contributed by atoms with Crippen LogP contribution in [0.15, 0.2) is 133 Å². The van der Waals surface area contributed by atoms with E-state index in [1.807, 2.05) is 18.2 Å². The molecule has 0 radical (unpaired) electrons. The highest BCUT2D eigenvalue weighted by molar-refractivity contribution is 6.09. The molecule has 0 amide bonds. The molecule has 6 rings (SSSR count). The van der Waals surface area contributed by atoms with Gasteiger partial charge in [0.25, 0.3) is 0 Å². The highest BCUT2D eigenvalue weighted by Crippen LogP contribution is 2.38. The fraction of sp³-hybridized carbons (Fsp3) is 0. The van der Waals surface area contributed by atoms with Crippen molar-refractivity contribution in [3.63, 3.8) is 0 Å². The third-order valence-corrected chi connectivity index (χ3v) is 6.26. The first-order valence-corrected chi connectivity index (χ1v) is 11.3. The second kappa shape index (κ2) is 8.29. The lowest BCUT2D eigenvalue weighted by atomic mass is 9.90. The maximum Gasteiger partial charge on any atom is 0.0384 e. The third kappa shape index (κ3) is 3.64. The van der Waals surface area contributed by atoms with Crippen molar-refractivity contribution in [1.29, 1.82) is 0 Å². The fourth-order valence-corrected chi connectivity index (χ4v) is 4.67. The number of hydrogen-bond acceptors (Lipinski definition) is 1. The molecule has 0 fully saturated rings. The molecule has 0 spiro atoms. The molecule has 6 aromatic carbocycles. The van der Waals surface area contributed by atoms with E-state index in [1.165, 1.54) is 43.8 Å². The first-order chi connectivity index (χ1) is 16.4. The van der Waals surface area contributed by atoms with Gasteiger partial charge in [0, 0.05) is 11.4 Å². The van der Waals surface area contributed by atoms with Crippen LogP contribution in [0.3, 0.4) is 0 Å². The largest absolute Gasteiger partial charge is 0.356 e. The van der Waals surface area contributed by atoms with Gasteiger partial charge in [-0.05, 0) is 68.1 Å². The van der Waals surface area contributed by atoms with Crippen molar-refractivity contribution in [2.75, 3.05) is 5.32 Å². The third-order valence-electron chi connectivity index (χ3n) is 6.26. The minimum Gasteiger partial charge on any atom is -0.356 e. The van der Waals surface area contributed by atoms with E-state index in [4.69, 9.17) is 0 Å². The van der Waals surface area contributed by atoms with Gasteiger partial charge in [-0.15, -0.1) is 0 Å². The van der Waals surface area contributed by atoms with E-state index in [1.54, 1.807) is 0 Å². The number of nitrogens with one attached hydrogen (secondary N) is 1. The average molecular weight is 422 g/mol. The number of para-hydroxylation sites is 1. The van der Waals surface area contributed by atoms with Crippen molar-refractivity contribution >= 4 is 32.9 Å². The molecule has 1 heteroatoms. The number of benzene rings is 6. The van der Waals surface area contributed by atoms with Gasteiger partial charge >= 0.3 is 0 Å². The van der Waals surface area contributed by atoms with Crippen LogP contribution in [0.4, 0.5) is 11.4 Å². The Hall–Kier alpha value is -4.36. The number of anilines is 2. The van der Waals surface area contributed by atoms with Crippen LogP contribution in [0.5, 0.6) is 0 Å². The van der Waals surface area contributed by atoms with Gasteiger partial charge in [-0.25, -0.2) is 0 Å². The molecule has 0 saturated heterocycles. The monoisotopic (exact) mass is 421 g/mol. The lowest BCUT2D eigenvalue weighted by Gasteiger charge is -2.14. The first kappa shape index (κ1) is 19.3. The van der Waals surface area contributed by atoms with E-state index in [-0.39, 0.29) is 0 Å². The van der Waals surface area contributed by atoms with Crippen LogP contribution in [-0.2, 0) is 0 Å². The molecule has 0 aliphatic rings. The van der Waals surface area contributed by atoms with Crippen LogP contribution >= 0.6 is 0 Å². The second-order valence-electron chi connectivity index (χ2n) is 8.30. The molecule has 33 heavy (non-hydrogen) atoms. The van der Waals surface area contributed by atoms with Crippen LogP contribution in [0.2, 0.25) is 0 Å². The lowest BCUT2D eigenvalue weighted by Crippen LogP contribution is -1.90. The smallest absolute Gasteiger partial charge is 0.0384 e. The standard InChI is InChI=1S/C32H23N/c1-2-11-25(12-3-1)33-26-19-17-24(18-20-26)28-21-22-32(31-15-7-6-14-29(28)31)30-16-8-10-23-9-4-5-13-27(23)30/h1-22,33H. The Balaban J connectivity index is 1.44. The maximum absolute atomic E-state index is 3.47. The topological polar surface area (TPSA) is 12.0 Å². The molecule has 0 heterocycles. The van der Waals surface area contributed by atoms with E-state index in [2.05, 4.69) is 121 Å². The average Bonchev–Trinajstić information content (AvgIpc) is 2.89. The Morgan fingerprint density at radius 2 is 0.879 bits per heavy atom. The van der Waals surface area contributed by atoms with Crippen LogP contribution < -0.4 is 5.32 Å². The van der Waals surface area contributed by atoms with Gasteiger partial charge in [-0.3, -0.25) is 0 Å². The van der Waals surface area contributed by atoms with E-state index in [9.17, 15) is 0 Å². The van der Waals surface area contributed by atoms with Crippen molar-refractivity contribution in [1.82, 2.24) is 0 Å². The molecule has 1 nitrogen and oxygen atoms in total. The van der Waals surface area contributed by atoms with Gasteiger partial charge in [0.2, 0.25) is 0 Å². The molecule has 0 atom stereocenters. The summed E-state index contributed by atoms with van der Waals surface area (Å²) in [5.41, 5.74) is 7.19. The molecule has 0 unspecified atom stereocenters. The summed E-state index contributed by atoms with van der Waals surface area (Å²) in [5.74, 6) is 0. The SMILES string of the molecule is c1ccc(Nc2ccc(-c3ccc(-c4cccc5ccccc45)c4ccccc34)cc2)cc1. The van der Waals surface area contributed by atoms with Gasteiger partial charge in [-0.1, -0.05) is 109 Å². The van der Waals surface area contributed by atoms with Crippen molar-refractivity contribution in [3.05, 3.63) is 133 Å². The van der Waals surface area contributed by atoms with Gasteiger partial charge < -0.3 is 5.32 Å². The van der Waals surface area contributed by atoms with Crippen molar-refractivity contribution in [3.8, 4) is 22.3 Å². The molecule has 1 N–H and O–H groups in total. The van der Waals surface area contributed by atoms with E-state index in [0.29, 0.717) is 0 Å². The van der Waals surface area contributed by atoms with E-state index >= 15 is 0 Å². The summed E-state index contributed by atoms with van der Waals surface area (Å²) in [6.45, 7) is 0. The summed E-state index contributed by atoms with van der Waals surface area (Å²) in [7, 11) is 0. The summed E-state index contributed by atoms with van der Waals surface area (Å²) in [6.07, 6.45) is 0. The van der Waals surface area contributed by atoms with Gasteiger partial charge in [0.05, 0.1) is 0 Å². The van der Waals surface area contributed by atoms with Gasteiger partial charge in [0.15, 0.2) is 0 Å². The molecular weight excluding hydrogens is 398 g/mol. The Bertz CT molecular complexity index is 1560. The summed E-state index contributed by atoms with van der Waals surface area (Å²) in [6, 6.07) is 47.4. The van der Waals surface area contributed by atoms with Crippen LogP contribution in [-0.4, -0.2) is 0 Å². The van der Waals surface area contributed by atoms with Gasteiger partial charge in [0.1, 0.15) is 0 Å². The summed E-state index contributed by atoms with van der Waals surface area (Å²) < 4.78 is 0.